The summed E-state index contributed by atoms with van der Waals surface area (Å²) < 4.78 is 0. The molecule has 0 saturated heterocycles. The first-order chi connectivity index (χ1) is 7.93. The van der Waals surface area contributed by atoms with E-state index in [9.17, 15) is 0 Å². The van der Waals surface area contributed by atoms with Gasteiger partial charge in [0, 0.05) is 24.3 Å². The highest BCUT2D eigenvalue weighted by Crippen LogP contribution is 2.23. The molecule has 1 atom stereocenters. The molecular weight excluding hydrogens is 228 g/mol. The number of hydrogen-bond acceptors (Lipinski definition) is 2. The van der Waals surface area contributed by atoms with E-state index >= 15 is 0 Å². The number of benzene rings is 1. The van der Waals surface area contributed by atoms with Crippen molar-refractivity contribution in [3.63, 3.8) is 0 Å². The van der Waals surface area contributed by atoms with Gasteiger partial charge in [-0.25, -0.2) is 0 Å². The number of hydrogen-bond donors (Lipinski definition) is 1. The summed E-state index contributed by atoms with van der Waals surface area (Å²) >= 11 is 5.09. The van der Waals surface area contributed by atoms with Crippen molar-refractivity contribution in [2.75, 3.05) is 11.9 Å². The Labute approximate surface area is 110 Å². The molecule has 0 fully saturated rings. The van der Waals surface area contributed by atoms with Crippen molar-refractivity contribution in [1.82, 2.24) is 0 Å². The lowest BCUT2D eigenvalue weighted by Crippen LogP contribution is -2.31. The van der Waals surface area contributed by atoms with Crippen LogP contribution in [0.1, 0.15) is 32.8 Å². The van der Waals surface area contributed by atoms with Gasteiger partial charge in [0.25, 0.3) is 0 Å². The zero-order chi connectivity index (χ0) is 13.0. The van der Waals surface area contributed by atoms with E-state index in [1.807, 2.05) is 18.2 Å². The lowest BCUT2D eigenvalue weighted by atomic mass is 10.0. The Morgan fingerprint density at radius 3 is 2.41 bits per heavy atom. The van der Waals surface area contributed by atoms with Gasteiger partial charge in [-0.1, -0.05) is 38.2 Å². The van der Waals surface area contributed by atoms with E-state index in [1.165, 1.54) is 0 Å². The van der Waals surface area contributed by atoms with Gasteiger partial charge in [0.2, 0.25) is 0 Å². The first-order valence-corrected chi connectivity index (χ1v) is 6.46. The van der Waals surface area contributed by atoms with Gasteiger partial charge in [-0.3, -0.25) is 0 Å². The third-order valence-electron chi connectivity index (χ3n) is 3.02. The summed E-state index contributed by atoms with van der Waals surface area (Å²) in [5.74, 6) is 0.685. The molecule has 0 bridgehead atoms. The molecule has 0 radical (unpaired) electrons. The van der Waals surface area contributed by atoms with E-state index < -0.39 is 0 Å². The second kappa shape index (κ2) is 6.01. The molecule has 0 heterocycles. The Morgan fingerprint density at radius 1 is 1.29 bits per heavy atom. The number of rotatable bonds is 5. The Hall–Kier alpha value is -1.09. The summed E-state index contributed by atoms with van der Waals surface area (Å²) in [6.07, 6.45) is 1.15. The molecule has 1 rings (SSSR count). The molecular formula is C14H22N2S. The summed E-state index contributed by atoms with van der Waals surface area (Å²) in [7, 11) is 2.10. The van der Waals surface area contributed by atoms with Crippen molar-refractivity contribution in [1.29, 1.82) is 0 Å². The number of thiocarbonyl (C=S) groups is 1. The summed E-state index contributed by atoms with van der Waals surface area (Å²) in [5, 5.41) is 0. The SMILES string of the molecule is CC(C)CC(C)N(C)c1ccccc1C(N)=S. The summed E-state index contributed by atoms with van der Waals surface area (Å²) in [6, 6.07) is 8.53. The second-order valence-electron chi connectivity index (χ2n) is 4.97. The molecule has 2 N–H and O–H groups in total. The first kappa shape index (κ1) is 14.0. The smallest absolute Gasteiger partial charge is 0.106 e. The zero-order valence-corrected chi connectivity index (χ0v) is 11.9. The van der Waals surface area contributed by atoms with E-state index in [-0.39, 0.29) is 0 Å². The maximum atomic E-state index is 5.76. The molecule has 2 nitrogen and oxygen atoms in total. The van der Waals surface area contributed by atoms with Crippen molar-refractivity contribution in [2.45, 2.75) is 33.2 Å². The van der Waals surface area contributed by atoms with Gasteiger partial charge in [-0.15, -0.1) is 0 Å². The van der Waals surface area contributed by atoms with Crippen molar-refractivity contribution in [3.05, 3.63) is 29.8 Å². The Morgan fingerprint density at radius 2 is 1.88 bits per heavy atom. The summed E-state index contributed by atoms with van der Waals surface area (Å²) in [4.78, 5) is 2.72. The van der Waals surface area contributed by atoms with Crippen LogP contribution in [0.5, 0.6) is 0 Å². The molecule has 1 aromatic carbocycles. The van der Waals surface area contributed by atoms with E-state index in [0.717, 1.165) is 17.7 Å². The van der Waals surface area contributed by atoms with Crippen LogP contribution in [-0.2, 0) is 0 Å². The Balaban J connectivity index is 2.95. The van der Waals surface area contributed by atoms with Crippen LogP contribution in [-0.4, -0.2) is 18.1 Å². The van der Waals surface area contributed by atoms with Gasteiger partial charge >= 0.3 is 0 Å². The van der Waals surface area contributed by atoms with Crippen LogP contribution in [0.3, 0.4) is 0 Å². The maximum absolute atomic E-state index is 5.76. The largest absolute Gasteiger partial charge is 0.389 e. The minimum Gasteiger partial charge on any atom is -0.389 e. The normalized spacial score (nSPS) is 12.5. The van der Waals surface area contributed by atoms with Crippen LogP contribution in [0.15, 0.2) is 24.3 Å². The molecule has 0 aliphatic heterocycles. The van der Waals surface area contributed by atoms with Gasteiger partial charge in [-0.2, -0.15) is 0 Å². The lowest BCUT2D eigenvalue weighted by Gasteiger charge is -2.30. The highest BCUT2D eigenvalue weighted by Gasteiger charge is 2.15. The molecule has 17 heavy (non-hydrogen) atoms. The van der Waals surface area contributed by atoms with Crippen LogP contribution in [0.25, 0.3) is 0 Å². The topological polar surface area (TPSA) is 29.3 Å². The molecule has 0 aliphatic carbocycles. The highest BCUT2D eigenvalue weighted by molar-refractivity contribution is 7.80. The number of nitrogens with two attached hydrogens (primary N) is 1. The molecule has 94 valence electrons. The fourth-order valence-corrected chi connectivity index (χ4v) is 2.24. The predicted molar refractivity (Wildman–Crippen MR) is 79.6 cm³/mol. The van der Waals surface area contributed by atoms with Gasteiger partial charge in [-0.05, 0) is 31.4 Å². The molecule has 1 unspecified atom stereocenters. The van der Waals surface area contributed by atoms with Gasteiger partial charge in [0.05, 0.1) is 0 Å². The van der Waals surface area contributed by atoms with E-state index in [2.05, 4.69) is 38.8 Å². The minimum absolute atomic E-state index is 0.462. The van der Waals surface area contributed by atoms with Crippen LogP contribution < -0.4 is 10.6 Å². The monoisotopic (exact) mass is 250 g/mol. The van der Waals surface area contributed by atoms with E-state index in [1.54, 1.807) is 0 Å². The van der Waals surface area contributed by atoms with E-state index in [0.29, 0.717) is 16.9 Å². The molecule has 0 spiro atoms. The van der Waals surface area contributed by atoms with Crippen molar-refractivity contribution >= 4 is 22.9 Å². The maximum Gasteiger partial charge on any atom is 0.106 e. The molecule has 0 aliphatic rings. The number of anilines is 1. The molecule has 1 aromatic rings. The third-order valence-corrected chi connectivity index (χ3v) is 3.24. The van der Waals surface area contributed by atoms with Crippen molar-refractivity contribution in [2.24, 2.45) is 11.7 Å². The van der Waals surface area contributed by atoms with E-state index in [4.69, 9.17) is 18.0 Å². The summed E-state index contributed by atoms with van der Waals surface area (Å²) in [6.45, 7) is 6.71. The Kier molecular flexibility index (Phi) is 4.94. The average Bonchev–Trinajstić information content (AvgIpc) is 2.27. The lowest BCUT2D eigenvalue weighted by molar-refractivity contribution is 0.504. The van der Waals surface area contributed by atoms with Crippen LogP contribution in [0.2, 0.25) is 0 Å². The van der Waals surface area contributed by atoms with Gasteiger partial charge in [0.1, 0.15) is 4.99 Å². The molecule has 0 amide bonds. The number of para-hydroxylation sites is 1. The minimum atomic E-state index is 0.462. The van der Waals surface area contributed by atoms with Gasteiger partial charge in [0.15, 0.2) is 0 Å². The average molecular weight is 250 g/mol. The predicted octanol–water partition coefficient (Wildman–Crippen LogP) is 3.19. The number of nitrogens with zero attached hydrogens (tertiary/aromatic N) is 1. The summed E-state index contributed by atoms with van der Waals surface area (Å²) in [5.41, 5.74) is 7.84. The zero-order valence-electron chi connectivity index (χ0n) is 11.1. The van der Waals surface area contributed by atoms with Crippen LogP contribution >= 0.6 is 12.2 Å². The van der Waals surface area contributed by atoms with Crippen molar-refractivity contribution < 1.29 is 0 Å². The fraction of sp³-hybridized carbons (Fsp3) is 0.500. The highest BCUT2D eigenvalue weighted by atomic mass is 32.1. The second-order valence-corrected chi connectivity index (χ2v) is 5.41. The fourth-order valence-electron chi connectivity index (χ4n) is 2.07. The molecule has 3 heteroatoms. The third kappa shape index (κ3) is 3.70. The van der Waals surface area contributed by atoms with Gasteiger partial charge < -0.3 is 10.6 Å². The van der Waals surface area contributed by atoms with Crippen LogP contribution in [0.4, 0.5) is 5.69 Å². The van der Waals surface area contributed by atoms with Crippen molar-refractivity contribution in [3.8, 4) is 0 Å². The Bertz CT molecular complexity index is 388. The quantitative estimate of drug-likeness (QED) is 0.814. The standard InChI is InChI=1S/C14H22N2S/c1-10(2)9-11(3)16(4)13-8-6-5-7-12(13)14(15)17/h5-8,10-11H,9H2,1-4H3,(H2,15,17). The molecule has 0 saturated carbocycles. The molecule has 0 aromatic heterocycles. The van der Waals surface area contributed by atoms with Crippen LogP contribution in [0, 0.1) is 5.92 Å². The first-order valence-electron chi connectivity index (χ1n) is 6.05.